The van der Waals surface area contributed by atoms with Crippen LogP contribution in [0, 0.1) is 12.8 Å². The van der Waals surface area contributed by atoms with Gasteiger partial charge in [-0.3, -0.25) is 4.90 Å². The Balaban J connectivity index is 2.22. The molecule has 0 spiro atoms. The van der Waals surface area contributed by atoms with Gasteiger partial charge < -0.3 is 0 Å². The van der Waals surface area contributed by atoms with Gasteiger partial charge in [-0.05, 0) is 31.0 Å². The zero-order valence-corrected chi connectivity index (χ0v) is 13.8. The maximum Gasteiger partial charge on any atom is 0.141 e. The second kappa shape index (κ2) is 7.49. The molecule has 0 saturated heterocycles. The SMILES string of the molecule is Cc1ccccc1C(C(C)C)N(C)Cc1ncnn1CCF. The molecular formula is C17H25FN4. The first kappa shape index (κ1) is 16.6. The van der Waals surface area contributed by atoms with Crippen molar-refractivity contribution in [1.29, 1.82) is 0 Å². The van der Waals surface area contributed by atoms with E-state index in [4.69, 9.17) is 0 Å². The Morgan fingerprint density at radius 1 is 1.27 bits per heavy atom. The molecule has 0 saturated carbocycles. The highest BCUT2D eigenvalue weighted by Gasteiger charge is 2.23. The fraction of sp³-hybridized carbons (Fsp3) is 0.529. The molecule has 120 valence electrons. The van der Waals surface area contributed by atoms with Crippen molar-refractivity contribution < 1.29 is 4.39 Å². The van der Waals surface area contributed by atoms with Gasteiger partial charge in [-0.1, -0.05) is 38.1 Å². The molecule has 1 aromatic carbocycles. The van der Waals surface area contributed by atoms with Crippen LogP contribution in [0.2, 0.25) is 0 Å². The highest BCUT2D eigenvalue weighted by Crippen LogP contribution is 2.30. The maximum atomic E-state index is 12.6. The second-order valence-electron chi connectivity index (χ2n) is 6.05. The summed E-state index contributed by atoms with van der Waals surface area (Å²) in [5, 5.41) is 4.09. The van der Waals surface area contributed by atoms with Gasteiger partial charge in [-0.15, -0.1) is 0 Å². The fourth-order valence-corrected chi connectivity index (χ4v) is 3.02. The summed E-state index contributed by atoms with van der Waals surface area (Å²) >= 11 is 0. The third-order valence-electron chi connectivity index (χ3n) is 4.00. The van der Waals surface area contributed by atoms with Gasteiger partial charge in [-0.25, -0.2) is 14.1 Å². The van der Waals surface area contributed by atoms with Crippen molar-refractivity contribution in [3.05, 3.63) is 47.5 Å². The average Bonchev–Trinajstić information content (AvgIpc) is 2.88. The molecular weight excluding hydrogens is 279 g/mol. The van der Waals surface area contributed by atoms with Crippen LogP contribution in [0.15, 0.2) is 30.6 Å². The zero-order chi connectivity index (χ0) is 16.1. The molecule has 5 heteroatoms. The molecule has 1 aromatic heterocycles. The minimum Gasteiger partial charge on any atom is -0.292 e. The minimum absolute atomic E-state index is 0.264. The van der Waals surface area contributed by atoms with Crippen molar-refractivity contribution in [2.75, 3.05) is 13.7 Å². The van der Waals surface area contributed by atoms with E-state index in [1.165, 1.54) is 17.5 Å². The van der Waals surface area contributed by atoms with Crippen molar-refractivity contribution in [1.82, 2.24) is 19.7 Å². The molecule has 0 aliphatic heterocycles. The Labute approximate surface area is 132 Å². The summed E-state index contributed by atoms with van der Waals surface area (Å²) < 4.78 is 14.2. The molecule has 1 atom stereocenters. The molecule has 0 bridgehead atoms. The third-order valence-corrected chi connectivity index (χ3v) is 4.00. The molecule has 0 fully saturated rings. The summed E-state index contributed by atoms with van der Waals surface area (Å²) in [6.07, 6.45) is 1.50. The van der Waals surface area contributed by atoms with E-state index in [1.807, 2.05) is 0 Å². The van der Waals surface area contributed by atoms with Crippen LogP contribution < -0.4 is 0 Å². The van der Waals surface area contributed by atoms with Gasteiger partial charge in [0.1, 0.15) is 18.8 Å². The number of alkyl halides is 1. The number of aromatic nitrogens is 3. The van der Waals surface area contributed by atoms with Crippen LogP contribution >= 0.6 is 0 Å². The summed E-state index contributed by atoms with van der Waals surface area (Å²) in [6.45, 7) is 7.08. The Kier molecular flexibility index (Phi) is 5.66. The van der Waals surface area contributed by atoms with Gasteiger partial charge in [0.25, 0.3) is 0 Å². The smallest absolute Gasteiger partial charge is 0.141 e. The van der Waals surface area contributed by atoms with Crippen LogP contribution in [0.1, 0.15) is 36.8 Å². The predicted octanol–water partition coefficient (Wildman–Crippen LogP) is 3.39. The Bertz CT molecular complexity index is 594. The van der Waals surface area contributed by atoms with Crippen LogP contribution in [0.3, 0.4) is 0 Å². The molecule has 1 unspecified atom stereocenters. The third kappa shape index (κ3) is 3.71. The van der Waals surface area contributed by atoms with Crippen LogP contribution in [0.4, 0.5) is 4.39 Å². The number of benzene rings is 1. The largest absolute Gasteiger partial charge is 0.292 e. The van der Waals surface area contributed by atoms with E-state index < -0.39 is 6.67 Å². The first-order chi connectivity index (χ1) is 10.5. The number of nitrogens with zero attached hydrogens (tertiary/aromatic N) is 4. The van der Waals surface area contributed by atoms with Crippen molar-refractivity contribution in [3.8, 4) is 0 Å². The lowest BCUT2D eigenvalue weighted by atomic mass is 9.91. The Morgan fingerprint density at radius 3 is 2.64 bits per heavy atom. The molecule has 0 aliphatic rings. The predicted molar refractivity (Wildman–Crippen MR) is 86.2 cm³/mol. The average molecular weight is 304 g/mol. The lowest BCUT2D eigenvalue weighted by Crippen LogP contribution is -2.30. The van der Waals surface area contributed by atoms with Crippen LogP contribution in [-0.2, 0) is 13.1 Å². The summed E-state index contributed by atoms with van der Waals surface area (Å²) in [5.74, 6) is 1.27. The Morgan fingerprint density at radius 2 is 2.00 bits per heavy atom. The van der Waals surface area contributed by atoms with E-state index in [0.717, 1.165) is 5.82 Å². The van der Waals surface area contributed by atoms with E-state index >= 15 is 0 Å². The summed E-state index contributed by atoms with van der Waals surface area (Å²) in [6, 6.07) is 8.76. The molecule has 22 heavy (non-hydrogen) atoms. The minimum atomic E-state index is -0.425. The van der Waals surface area contributed by atoms with Crippen LogP contribution in [-0.4, -0.2) is 33.4 Å². The first-order valence-corrected chi connectivity index (χ1v) is 7.73. The molecule has 2 aromatic rings. The van der Waals surface area contributed by atoms with Crippen LogP contribution in [0.25, 0.3) is 0 Å². The number of rotatable bonds is 7. The van der Waals surface area contributed by atoms with Gasteiger partial charge >= 0.3 is 0 Å². The zero-order valence-electron chi connectivity index (χ0n) is 13.8. The lowest BCUT2D eigenvalue weighted by Gasteiger charge is -2.32. The molecule has 1 heterocycles. The molecule has 4 nitrogen and oxygen atoms in total. The van der Waals surface area contributed by atoms with E-state index in [-0.39, 0.29) is 12.6 Å². The van der Waals surface area contributed by atoms with Crippen molar-refractivity contribution in [3.63, 3.8) is 0 Å². The van der Waals surface area contributed by atoms with E-state index in [0.29, 0.717) is 12.5 Å². The van der Waals surface area contributed by atoms with Crippen molar-refractivity contribution in [2.45, 2.75) is 39.9 Å². The molecule has 0 amide bonds. The van der Waals surface area contributed by atoms with Gasteiger partial charge in [0.05, 0.1) is 13.1 Å². The highest BCUT2D eigenvalue weighted by molar-refractivity contribution is 5.29. The van der Waals surface area contributed by atoms with Crippen LogP contribution in [0.5, 0.6) is 0 Å². The van der Waals surface area contributed by atoms with Gasteiger partial charge in [0.15, 0.2) is 0 Å². The standard InChI is InChI=1S/C17H25FN4/c1-13(2)17(15-8-6-5-7-14(15)3)21(4)11-16-19-12-20-22(16)10-9-18/h5-8,12-13,17H,9-11H2,1-4H3. The van der Waals surface area contributed by atoms with Gasteiger partial charge in [-0.2, -0.15) is 5.10 Å². The van der Waals surface area contributed by atoms with Gasteiger partial charge in [0.2, 0.25) is 0 Å². The molecule has 0 radical (unpaired) electrons. The van der Waals surface area contributed by atoms with Gasteiger partial charge in [0, 0.05) is 6.04 Å². The topological polar surface area (TPSA) is 34.0 Å². The van der Waals surface area contributed by atoms with E-state index in [1.54, 1.807) is 4.68 Å². The summed E-state index contributed by atoms with van der Waals surface area (Å²) in [5.41, 5.74) is 2.62. The number of aryl methyl sites for hydroxylation is 2. The Hall–Kier alpha value is -1.75. The second-order valence-corrected chi connectivity index (χ2v) is 6.05. The highest BCUT2D eigenvalue weighted by atomic mass is 19.1. The monoisotopic (exact) mass is 304 g/mol. The lowest BCUT2D eigenvalue weighted by molar-refractivity contribution is 0.177. The summed E-state index contributed by atoms with van der Waals surface area (Å²) in [7, 11) is 2.09. The normalized spacial score (nSPS) is 13.0. The number of halogens is 1. The van der Waals surface area contributed by atoms with E-state index in [2.05, 4.69) is 67.1 Å². The number of hydrogen-bond acceptors (Lipinski definition) is 3. The number of hydrogen-bond donors (Lipinski definition) is 0. The maximum absolute atomic E-state index is 12.6. The van der Waals surface area contributed by atoms with Crippen molar-refractivity contribution in [2.24, 2.45) is 5.92 Å². The quantitative estimate of drug-likeness (QED) is 0.786. The molecule has 0 aliphatic carbocycles. The first-order valence-electron chi connectivity index (χ1n) is 7.73. The summed E-state index contributed by atoms with van der Waals surface area (Å²) in [4.78, 5) is 6.55. The fourth-order valence-electron chi connectivity index (χ4n) is 3.02. The van der Waals surface area contributed by atoms with E-state index in [9.17, 15) is 4.39 Å². The molecule has 2 rings (SSSR count). The molecule has 0 N–H and O–H groups in total. The van der Waals surface area contributed by atoms with Crippen molar-refractivity contribution >= 4 is 0 Å².